The third kappa shape index (κ3) is 2.34. The van der Waals surface area contributed by atoms with Crippen molar-refractivity contribution in [2.45, 2.75) is 31.8 Å². The van der Waals surface area contributed by atoms with E-state index in [0.717, 1.165) is 30.4 Å². The van der Waals surface area contributed by atoms with Crippen LogP contribution in [0, 0.1) is 11.7 Å². The summed E-state index contributed by atoms with van der Waals surface area (Å²) < 4.78 is 18.6. The third-order valence-electron chi connectivity index (χ3n) is 3.38. The maximum absolute atomic E-state index is 13.0. The molecule has 1 N–H and O–H groups in total. The van der Waals surface area contributed by atoms with Crippen molar-refractivity contribution in [1.29, 1.82) is 0 Å². The topological polar surface area (TPSA) is 33.4 Å². The summed E-state index contributed by atoms with van der Waals surface area (Å²) in [5.41, 5.74) is 0.710. The zero-order valence-electron chi connectivity index (χ0n) is 9.53. The molecule has 2 nitrogen and oxygen atoms in total. The van der Waals surface area contributed by atoms with E-state index in [0.29, 0.717) is 17.9 Å². The molecule has 1 aromatic heterocycles. The normalized spacial score (nSPS) is 17.5. The first kappa shape index (κ1) is 10.8. The van der Waals surface area contributed by atoms with Gasteiger partial charge in [0.25, 0.3) is 0 Å². The van der Waals surface area contributed by atoms with Gasteiger partial charge in [0, 0.05) is 11.8 Å². The van der Waals surface area contributed by atoms with Gasteiger partial charge in [-0.1, -0.05) is 0 Å². The average molecular weight is 234 g/mol. The summed E-state index contributed by atoms with van der Waals surface area (Å²) in [6, 6.07) is 6.37. The summed E-state index contributed by atoms with van der Waals surface area (Å²) in [6.07, 6.45) is 3.53. The monoisotopic (exact) mass is 234 g/mol. The fourth-order valence-electron chi connectivity index (χ4n) is 2.20. The van der Waals surface area contributed by atoms with Crippen LogP contribution in [-0.2, 0) is 6.42 Å². The molecule has 1 saturated carbocycles. The lowest BCUT2D eigenvalue weighted by atomic mass is 10.1. The van der Waals surface area contributed by atoms with Gasteiger partial charge in [0.15, 0.2) is 0 Å². The Morgan fingerprint density at radius 1 is 1.35 bits per heavy atom. The zero-order chi connectivity index (χ0) is 11.8. The lowest BCUT2D eigenvalue weighted by Gasteiger charge is -2.06. The van der Waals surface area contributed by atoms with Gasteiger partial charge in [-0.3, -0.25) is 0 Å². The lowest BCUT2D eigenvalue weighted by molar-refractivity contribution is 0.140. The second-order valence-electron chi connectivity index (χ2n) is 4.84. The van der Waals surface area contributed by atoms with E-state index in [9.17, 15) is 9.50 Å². The van der Waals surface area contributed by atoms with Gasteiger partial charge >= 0.3 is 0 Å². The van der Waals surface area contributed by atoms with Crippen molar-refractivity contribution >= 4 is 11.0 Å². The highest BCUT2D eigenvalue weighted by atomic mass is 19.1. The van der Waals surface area contributed by atoms with Gasteiger partial charge in [-0.2, -0.15) is 0 Å². The van der Waals surface area contributed by atoms with Gasteiger partial charge in [-0.05, 0) is 49.4 Å². The van der Waals surface area contributed by atoms with E-state index in [4.69, 9.17) is 4.42 Å². The Morgan fingerprint density at radius 2 is 2.18 bits per heavy atom. The van der Waals surface area contributed by atoms with Gasteiger partial charge in [0.05, 0.1) is 6.10 Å². The second-order valence-corrected chi connectivity index (χ2v) is 4.84. The van der Waals surface area contributed by atoms with Crippen molar-refractivity contribution in [3.63, 3.8) is 0 Å². The van der Waals surface area contributed by atoms with E-state index in [1.54, 1.807) is 6.07 Å². The molecule has 1 unspecified atom stereocenters. The van der Waals surface area contributed by atoms with Crippen molar-refractivity contribution < 1.29 is 13.9 Å². The van der Waals surface area contributed by atoms with Gasteiger partial charge in [-0.25, -0.2) is 4.39 Å². The molecule has 0 bridgehead atoms. The van der Waals surface area contributed by atoms with E-state index in [1.165, 1.54) is 12.1 Å². The minimum atomic E-state index is -0.247. The molecule has 1 fully saturated rings. The molecule has 1 heterocycles. The number of fused-ring (bicyclic) bond motifs is 1. The van der Waals surface area contributed by atoms with Crippen LogP contribution in [0.2, 0.25) is 0 Å². The van der Waals surface area contributed by atoms with Crippen LogP contribution < -0.4 is 0 Å². The van der Waals surface area contributed by atoms with Crippen LogP contribution in [0.15, 0.2) is 28.7 Å². The number of rotatable bonds is 4. The number of hydrogen-bond acceptors (Lipinski definition) is 2. The van der Waals surface area contributed by atoms with Gasteiger partial charge < -0.3 is 9.52 Å². The number of aliphatic hydroxyl groups is 1. The van der Waals surface area contributed by atoms with Crippen molar-refractivity contribution in [3.05, 3.63) is 35.8 Å². The first-order valence-corrected chi connectivity index (χ1v) is 6.08. The Bertz CT molecular complexity index is 528. The molecule has 90 valence electrons. The lowest BCUT2D eigenvalue weighted by Crippen LogP contribution is -2.09. The number of halogens is 1. The number of hydrogen-bond donors (Lipinski definition) is 1. The van der Waals surface area contributed by atoms with Crippen LogP contribution in [0.5, 0.6) is 0 Å². The summed E-state index contributed by atoms with van der Waals surface area (Å²) >= 11 is 0. The Labute approximate surface area is 99.1 Å². The molecule has 0 amide bonds. The predicted octanol–water partition coefficient (Wildman–Crippen LogP) is 3.28. The van der Waals surface area contributed by atoms with E-state index >= 15 is 0 Å². The summed E-state index contributed by atoms with van der Waals surface area (Å²) in [4.78, 5) is 0. The molecule has 1 aliphatic carbocycles. The third-order valence-corrected chi connectivity index (χ3v) is 3.38. The molecule has 1 aliphatic rings. The highest BCUT2D eigenvalue weighted by Gasteiger charge is 2.29. The van der Waals surface area contributed by atoms with E-state index < -0.39 is 0 Å². The van der Waals surface area contributed by atoms with Gasteiger partial charge in [0.2, 0.25) is 0 Å². The molecule has 3 rings (SSSR count). The Hall–Kier alpha value is -1.35. The molecule has 0 radical (unpaired) electrons. The van der Waals surface area contributed by atoms with Crippen LogP contribution in [-0.4, -0.2) is 11.2 Å². The van der Waals surface area contributed by atoms with Crippen molar-refractivity contribution in [1.82, 2.24) is 0 Å². The Kier molecular flexibility index (Phi) is 2.63. The highest BCUT2D eigenvalue weighted by Crippen LogP contribution is 2.34. The molecule has 1 aromatic carbocycles. The molecule has 1 atom stereocenters. The van der Waals surface area contributed by atoms with Gasteiger partial charge in [0.1, 0.15) is 17.2 Å². The number of furan rings is 1. The highest BCUT2D eigenvalue weighted by molar-refractivity contribution is 5.77. The molecular weight excluding hydrogens is 219 g/mol. The Morgan fingerprint density at radius 3 is 2.94 bits per heavy atom. The predicted molar refractivity (Wildman–Crippen MR) is 63.2 cm³/mol. The SMILES string of the molecule is OC(CCc1cc2cc(F)ccc2o1)C1CC1. The molecule has 3 heteroatoms. The van der Waals surface area contributed by atoms with Crippen LogP contribution in [0.4, 0.5) is 4.39 Å². The minimum Gasteiger partial charge on any atom is -0.461 e. The average Bonchev–Trinajstić information content (AvgIpc) is 3.07. The molecule has 0 aliphatic heterocycles. The van der Waals surface area contributed by atoms with Crippen molar-refractivity contribution in [2.75, 3.05) is 0 Å². The summed E-state index contributed by atoms with van der Waals surface area (Å²) in [5.74, 6) is 1.07. The van der Waals surface area contributed by atoms with E-state index in [-0.39, 0.29) is 11.9 Å². The van der Waals surface area contributed by atoms with Crippen molar-refractivity contribution in [3.8, 4) is 0 Å². The molecule has 0 spiro atoms. The fraction of sp³-hybridized carbons (Fsp3) is 0.429. The Balaban J connectivity index is 1.72. The van der Waals surface area contributed by atoms with Crippen LogP contribution >= 0.6 is 0 Å². The molecule has 17 heavy (non-hydrogen) atoms. The summed E-state index contributed by atoms with van der Waals surface area (Å²) in [5, 5.41) is 10.6. The standard InChI is InChI=1S/C14H15FO2/c15-11-3-6-14-10(7-11)8-12(17-14)4-5-13(16)9-1-2-9/h3,6-9,13,16H,1-2,4-5H2. The van der Waals surface area contributed by atoms with Crippen LogP contribution in [0.25, 0.3) is 11.0 Å². The van der Waals surface area contributed by atoms with E-state index in [2.05, 4.69) is 0 Å². The second kappa shape index (κ2) is 4.15. The number of aliphatic hydroxyl groups excluding tert-OH is 1. The maximum Gasteiger partial charge on any atom is 0.134 e. The zero-order valence-corrected chi connectivity index (χ0v) is 9.53. The first-order valence-electron chi connectivity index (χ1n) is 6.08. The largest absolute Gasteiger partial charge is 0.461 e. The maximum atomic E-state index is 13.0. The van der Waals surface area contributed by atoms with Crippen LogP contribution in [0.3, 0.4) is 0 Å². The fourth-order valence-corrected chi connectivity index (χ4v) is 2.20. The molecule has 0 saturated heterocycles. The number of benzene rings is 1. The molecule has 2 aromatic rings. The number of aryl methyl sites for hydroxylation is 1. The van der Waals surface area contributed by atoms with E-state index in [1.807, 2.05) is 6.07 Å². The minimum absolute atomic E-state index is 0.208. The first-order chi connectivity index (χ1) is 8.22. The quantitative estimate of drug-likeness (QED) is 0.880. The van der Waals surface area contributed by atoms with Crippen LogP contribution in [0.1, 0.15) is 25.0 Å². The van der Waals surface area contributed by atoms with Crippen molar-refractivity contribution in [2.24, 2.45) is 5.92 Å². The smallest absolute Gasteiger partial charge is 0.134 e. The molecular formula is C14H15FO2. The summed E-state index contributed by atoms with van der Waals surface area (Å²) in [6.45, 7) is 0. The van der Waals surface area contributed by atoms with Gasteiger partial charge in [-0.15, -0.1) is 0 Å². The summed E-state index contributed by atoms with van der Waals surface area (Å²) in [7, 11) is 0.